The third kappa shape index (κ3) is 3.50. The molecule has 0 bridgehead atoms. The van der Waals surface area contributed by atoms with Crippen LogP contribution in [-0.2, 0) is 0 Å². The Hall–Kier alpha value is -1.39. The molecule has 0 radical (unpaired) electrons. The minimum Gasteiger partial charge on any atom is -0.266 e. The third-order valence-electron chi connectivity index (χ3n) is 3.46. The molecule has 0 fully saturated rings. The van der Waals surface area contributed by atoms with Gasteiger partial charge in [-0.2, -0.15) is 5.10 Å². The summed E-state index contributed by atoms with van der Waals surface area (Å²) in [5, 5.41) is 5.71. The number of nitrogens with zero attached hydrogens (tertiary/aromatic N) is 1. The van der Waals surface area contributed by atoms with Gasteiger partial charge in [-0.25, -0.2) is 5.43 Å². The second-order valence-electron chi connectivity index (χ2n) is 6.03. The van der Waals surface area contributed by atoms with E-state index in [0.29, 0.717) is 21.7 Å². The first-order valence-electron chi connectivity index (χ1n) is 7.37. The average Bonchev–Trinajstić information content (AvgIpc) is 2.74. The number of aryl methyl sites for hydroxylation is 1. The number of carbonyl (C=O) groups excluding carboxylic acids is 1. The number of thiophene rings is 1. The number of nitrogens with one attached hydrogen (secondary N) is 1. The molecule has 0 saturated heterocycles. The zero-order valence-corrected chi connectivity index (χ0v) is 15.1. The molecule has 3 nitrogen and oxygen atoms in total. The van der Waals surface area contributed by atoms with Crippen molar-refractivity contribution in [2.45, 2.75) is 34.6 Å². The molecule has 0 atom stereocenters. The molecule has 5 heteroatoms. The van der Waals surface area contributed by atoms with Crippen LogP contribution in [0.4, 0.5) is 0 Å². The molecule has 22 heavy (non-hydrogen) atoms. The van der Waals surface area contributed by atoms with Gasteiger partial charge >= 0.3 is 0 Å². The Balaban J connectivity index is 2.30. The van der Waals surface area contributed by atoms with Crippen molar-refractivity contribution in [3.8, 4) is 0 Å². The predicted molar refractivity (Wildman–Crippen MR) is 96.1 cm³/mol. The molecule has 118 valence electrons. The largest absolute Gasteiger partial charge is 0.283 e. The number of halogens is 1. The molecule has 1 aromatic heterocycles. The third-order valence-corrected chi connectivity index (χ3v) is 5.12. The van der Waals surface area contributed by atoms with Gasteiger partial charge in [0.05, 0.1) is 5.02 Å². The van der Waals surface area contributed by atoms with Crippen LogP contribution in [-0.4, -0.2) is 11.6 Å². The lowest BCUT2D eigenvalue weighted by molar-refractivity contribution is 0.0958. The highest BCUT2D eigenvalue weighted by atomic mass is 35.5. The van der Waals surface area contributed by atoms with Crippen LogP contribution in [0.15, 0.2) is 23.3 Å². The maximum absolute atomic E-state index is 12.4. The molecule has 1 N–H and O–H groups in total. The van der Waals surface area contributed by atoms with Crippen LogP contribution in [0.2, 0.25) is 5.02 Å². The summed E-state index contributed by atoms with van der Waals surface area (Å²) in [5.41, 5.74) is 4.78. The van der Waals surface area contributed by atoms with E-state index < -0.39 is 0 Å². The molecule has 1 heterocycles. The van der Waals surface area contributed by atoms with Crippen LogP contribution in [0.25, 0.3) is 10.1 Å². The van der Waals surface area contributed by atoms with Crippen LogP contribution in [0.5, 0.6) is 0 Å². The van der Waals surface area contributed by atoms with Crippen molar-refractivity contribution in [1.82, 2.24) is 5.43 Å². The van der Waals surface area contributed by atoms with Gasteiger partial charge in [0, 0.05) is 15.8 Å². The number of rotatable bonds is 4. The Labute approximate surface area is 140 Å². The molecule has 0 aliphatic heterocycles. The highest BCUT2D eigenvalue weighted by Crippen LogP contribution is 2.35. The second-order valence-corrected chi connectivity index (χ2v) is 7.46. The molecule has 0 saturated carbocycles. The summed E-state index contributed by atoms with van der Waals surface area (Å²) in [6.45, 7) is 10.3. The van der Waals surface area contributed by atoms with Gasteiger partial charge in [-0.3, -0.25) is 4.79 Å². The maximum atomic E-state index is 12.4. The van der Waals surface area contributed by atoms with E-state index in [1.807, 2.05) is 25.1 Å². The van der Waals surface area contributed by atoms with Gasteiger partial charge in [-0.15, -0.1) is 11.3 Å². The normalized spacial score (nSPS) is 11.3. The van der Waals surface area contributed by atoms with Gasteiger partial charge in [0.2, 0.25) is 0 Å². The number of fused-ring (bicyclic) bond motifs is 1. The van der Waals surface area contributed by atoms with Crippen molar-refractivity contribution >= 4 is 44.6 Å². The van der Waals surface area contributed by atoms with Gasteiger partial charge < -0.3 is 0 Å². The molecule has 0 spiro atoms. The number of hydrogen-bond donors (Lipinski definition) is 1. The highest BCUT2D eigenvalue weighted by molar-refractivity contribution is 7.21. The van der Waals surface area contributed by atoms with Gasteiger partial charge in [0.1, 0.15) is 4.88 Å². The fraction of sp³-hybridized carbons (Fsp3) is 0.412. The first kappa shape index (κ1) is 17.0. The van der Waals surface area contributed by atoms with E-state index in [0.717, 1.165) is 21.4 Å². The van der Waals surface area contributed by atoms with E-state index in [1.54, 1.807) is 0 Å². The molecule has 0 aliphatic carbocycles. The van der Waals surface area contributed by atoms with Crippen molar-refractivity contribution in [2.75, 3.05) is 0 Å². The van der Waals surface area contributed by atoms with Crippen molar-refractivity contribution in [3.05, 3.63) is 33.7 Å². The molecule has 2 rings (SSSR count). The lowest BCUT2D eigenvalue weighted by Gasteiger charge is -2.13. The standard InChI is InChI=1S/C17H21ClN2OS/c1-9(2)15(10(3)4)19-20-17(21)16-14(18)12-7-6-11(5)8-13(12)22-16/h6-10H,1-5H3,(H,20,21). The smallest absolute Gasteiger partial charge is 0.266 e. The molecular weight excluding hydrogens is 316 g/mol. The lowest BCUT2D eigenvalue weighted by Crippen LogP contribution is -2.24. The molecule has 0 aliphatic rings. The minimum atomic E-state index is -0.248. The van der Waals surface area contributed by atoms with Crippen molar-refractivity contribution in [3.63, 3.8) is 0 Å². The molecule has 0 unspecified atom stereocenters. The van der Waals surface area contributed by atoms with E-state index in [2.05, 4.69) is 38.2 Å². The summed E-state index contributed by atoms with van der Waals surface area (Å²) in [6, 6.07) is 5.99. The summed E-state index contributed by atoms with van der Waals surface area (Å²) >= 11 is 7.75. The Kier molecular flexibility index (Phi) is 5.24. The predicted octanol–water partition coefficient (Wildman–Crippen LogP) is 5.26. The van der Waals surface area contributed by atoms with E-state index in [-0.39, 0.29) is 5.91 Å². The number of hydrazone groups is 1. The van der Waals surface area contributed by atoms with Gasteiger partial charge in [-0.1, -0.05) is 51.4 Å². The summed E-state index contributed by atoms with van der Waals surface area (Å²) in [4.78, 5) is 12.9. The zero-order chi connectivity index (χ0) is 16.4. The SMILES string of the molecule is Cc1ccc2c(Cl)c(C(=O)NN=C(C(C)C)C(C)C)sc2c1. The maximum Gasteiger partial charge on any atom is 0.283 e. The van der Waals surface area contributed by atoms with Crippen LogP contribution in [0.1, 0.15) is 42.9 Å². The quantitative estimate of drug-likeness (QED) is 0.600. The number of benzene rings is 1. The van der Waals surface area contributed by atoms with Crippen molar-refractivity contribution < 1.29 is 4.79 Å². The van der Waals surface area contributed by atoms with E-state index in [9.17, 15) is 4.79 Å². The van der Waals surface area contributed by atoms with Gasteiger partial charge in [-0.05, 0) is 30.4 Å². The summed E-state index contributed by atoms with van der Waals surface area (Å²) in [6.07, 6.45) is 0. The number of carbonyl (C=O) groups is 1. The number of amides is 1. The Bertz CT molecular complexity index is 722. The summed E-state index contributed by atoms with van der Waals surface area (Å²) in [5.74, 6) is 0.337. The first-order valence-corrected chi connectivity index (χ1v) is 8.57. The average molecular weight is 337 g/mol. The highest BCUT2D eigenvalue weighted by Gasteiger charge is 2.18. The zero-order valence-electron chi connectivity index (χ0n) is 13.5. The first-order chi connectivity index (χ1) is 10.3. The van der Waals surface area contributed by atoms with E-state index in [1.165, 1.54) is 11.3 Å². The summed E-state index contributed by atoms with van der Waals surface area (Å²) in [7, 11) is 0. The lowest BCUT2D eigenvalue weighted by atomic mass is 9.98. The van der Waals surface area contributed by atoms with Crippen LogP contribution >= 0.6 is 22.9 Å². The minimum absolute atomic E-state index is 0.248. The topological polar surface area (TPSA) is 41.5 Å². The van der Waals surface area contributed by atoms with Crippen LogP contribution in [0, 0.1) is 18.8 Å². The Morgan fingerprint density at radius 2 is 1.86 bits per heavy atom. The summed E-state index contributed by atoms with van der Waals surface area (Å²) < 4.78 is 1.02. The second kappa shape index (κ2) is 6.80. The van der Waals surface area contributed by atoms with E-state index in [4.69, 9.17) is 11.6 Å². The molecule has 2 aromatic rings. The Morgan fingerprint density at radius 1 is 1.23 bits per heavy atom. The van der Waals surface area contributed by atoms with Crippen LogP contribution in [0.3, 0.4) is 0 Å². The fourth-order valence-electron chi connectivity index (χ4n) is 2.41. The monoisotopic (exact) mass is 336 g/mol. The van der Waals surface area contributed by atoms with E-state index >= 15 is 0 Å². The van der Waals surface area contributed by atoms with Gasteiger partial charge in [0.15, 0.2) is 0 Å². The molecular formula is C17H21ClN2OS. The van der Waals surface area contributed by atoms with Crippen molar-refractivity contribution in [1.29, 1.82) is 0 Å². The van der Waals surface area contributed by atoms with Crippen LogP contribution < -0.4 is 5.43 Å². The molecule has 1 amide bonds. The molecule has 1 aromatic carbocycles. The van der Waals surface area contributed by atoms with Crippen molar-refractivity contribution in [2.24, 2.45) is 16.9 Å². The fourth-order valence-corrected chi connectivity index (χ4v) is 3.91. The Morgan fingerprint density at radius 3 is 2.45 bits per heavy atom. The number of hydrogen-bond acceptors (Lipinski definition) is 3. The van der Waals surface area contributed by atoms with Gasteiger partial charge in [0.25, 0.3) is 5.91 Å².